The maximum Gasteiger partial charge on any atom is 0.433 e. The predicted octanol–water partition coefficient (Wildman–Crippen LogP) is 5.01. The van der Waals surface area contributed by atoms with Gasteiger partial charge in [-0.25, -0.2) is 4.98 Å². The molecule has 0 spiro atoms. The molecule has 1 amide bonds. The van der Waals surface area contributed by atoms with Gasteiger partial charge in [0.15, 0.2) is 5.82 Å². The molecule has 0 aromatic carbocycles. The molecule has 6 nitrogen and oxygen atoms in total. The number of fused-ring (bicyclic) bond motifs is 1. The van der Waals surface area contributed by atoms with E-state index in [2.05, 4.69) is 20.4 Å². The van der Waals surface area contributed by atoms with E-state index in [0.29, 0.717) is 33.5 Å². The number of nitrogens with one attached hydrogen (secondary N) is 1. The second-order valence-corrected chi connectivity index (χ2v) is 8.56. The van der Waals surface area contributed by atoms with Gasteiger partial charge in [-0.1, -0.05) is 19.0 Å². The SMILES string of the molecule is Cc1c(C(=O)NC(c2nc(C3CC3)no2)C(C)C)sc2nc(C(F)(F)F)ccc12. The Morgan fingerprint density at radius 1 is 1.28 bits per heavy atom. The average Bonchev–Trinajstić information content (AvgIpc) is 3.30. The van der Waals surface area contributed by atoms with Crippen LogP contribution in [0.5, 0.6) is 0 Å². The van der Waals surface area contributed by atoms with E-state index in [0.717, 1.165) is 30.2 Å². The highest BCUT2D eigenvalue weighted by Crippen LogP contribution is 2.39. The number of hydrogen-bond donors (Lipinski definition) is 1. The molecule has 3 aromatic heterocycles. The number of aryl methyl sites for hydroxylation is 1. The molecule has 1 N–H and O–H groups in total. The van der Waals surface area contributed by atoms with Gasteiger partial charge in [0.25, 0.3) is 5.91 Å². The van der Waals surface area contributed by atoms with Crippen molar-refractivity contribution in [3.8, 4) is 0 Å². The zero-order valence-corrected chi connectivity index (χ0v) is 16.8. The highest BCUT2D eigenvalue weighted by molar-refractivity contribution is 7.20. The maximum atomic E-state index is 12.9. The fourth-order valence-corrected chi connectivity index (χ4v) is 4.16. The Kier molecular flexibility index (Phi) is 4.84. The molecule has 0 radical (unpaired) electrons. The lowest BCUT2D eigenvalue weighted by Gasteiger charge is -2.18. The van der Waals surface area contributed by atoms with Crippen LogP contribution >= 0.6 is 11.3 Å². The minimum atomic E-state index is -4.53. The first-order chi connectivity index (χ1) is 13.6. The second kappa shape index (κ2) is 7.08. The number of carbonyl (C=O) groups excluding carboxylic acids is 1. The van der Waals surface area contributed by atoms with Crippen molar-refractivity contribution in [2.45, 2.75) is 51.7 Å². The van der Waals surface area contributed by atoms with Crippen LogP contribution in [0.15, 0.2) is 16.7 Å². The summed E-state index contributed by atoms with van der Waals surface area (Å²) in [6, 6.07) is 1.79. The average molecular weight is 424 g/mol. The first-order valence-electron chi connectivity index (χ1n) is 9.27. The molecule has 4 rings (SSSR count). The number of pyridine rings is 1. The summed E-state index contributed by atoms with van der Waals surface area (Å²) in [7, 11) is 0. The molecular formula is C19H19F3N4O2S. The summed E-state index contributed by atoms with van der Waals surface area (Å²) in [5.41, 5.74) is -0.382. The molecule has 0 bridgehead atoms. The van der Waals surface area contributed by atoms with E-state index in [1.54, 1.807) is 6.92 Å². The third-order valence-corrected chi connectivity index (χ3v) is 6.12. The van der Waals surface area contributed by atoms with E-state index >= 15 is 0 Å². The zero-order chi connectivity index (χ0) is 20.9. The van der Waals surface area contributed by atoms with Gasteiger partial charge in [-0.2, -0.15) is 18.2 Å². The van der Waals surface area contributed by atoms with Gasteiger partial charge >= 0.3 is 6.18 Å². The van der Waals surface area contributed by atoms with Crippen molar-refractivity contribution in [1.29, 1.82) is 0 Å². The summed E-state index contributed by atoms with van der Waals surface area (Å²) < 4.78 is 44.2. The third-order valence-electron chi connectivity index (χ3n) is 4.92. The summed E-state index contributed by atoms with van der Waals surface area (Å²) in [5.74, 6) is 0.906. The molecule has 3 heterocycles. The number of halogens is 3. The molecule has 29 heavy (non-hydrogen) atoms. The lowest BCUT2D eigenvalue weighted by molar-refractivity contribution is -0.140. The Morgan fingerprint density at radius 3 is 2.62 bits per heavy atom. The maximum absolute atomic E-state index is 12.9. The van der Waals surface area contributed by atoms with Crippen molar-refractivity contribution in [2.75, 3.05) is 0 Å². The van der Waals surface area contributed by atoms with Gasteiger partial charge in [0.1, 0.15) is 16.6 Å². The first-order valence-corrected chi connectivity index (χ1v) is 10.1. The number of hydrogen-bond acceptors (Lipinski definition) is 6. The topological polar surface area (TPSA) is 80.9 Å². The smallest absolute Gasteiger partial charge is 0.339 e. The number of amides is 1. The Balaban J connectivity index is 1.61. The van der Waals surface area contributed by atoms with Gasteiger partial charge in [0, 0.05) is 11.3 Å². The molecule has 3 aromatic rings. The van der Waals surface area contributed by atoms with Crippen molar-refractivity contribution >= 4 is 27.5 Å². The molecule has 0 aliphatic heterocycles. The summed E-state index contributed by atoms with van der Waals surface area (Å²) in [6.45, 7) is 5.53. The predicted molar refractivity (Wildman–Crippen MR) is 101 cm³/mol. The number of alkyl halides is 3. The van der Waals surface area contributed by atoms with Gasteiger partial charge in [-0.3, -0.25) is 4.79 Å². The van der Waals surface area contributed by atoms with Crippen LogP contribution in [0.25, 0.3) is 10.2 Å². The van der Waals surface area contributed by atoms with Crippen LogP contribution in [-0.4, -0.2) is 21.0 Å². The van der Waals surface area contributed by atoms with E-state index < -0.39 is 23.8 Å². The van der Waals surface area contributed by atoms with E-state index in [1.807, 2.05) is 13.8 Å². The highest BCUT2D eigenvalue weighted by atomic mass is 32.1. The van der Waals surface area contributed by atoms with Crippen LogP contribution in [0, 0.1) is 12.8 Å². The van der Waals surface area contributed by atoms with E-state index in [-0.39, 0.29) is 10.7 Å². The van der Waals surface area contributed by atoms with E-state index in [1.165, 1.54) is 6.07 Å². The van der Waals surface area contributed by atoms with Crippen LogP contribution in [0.1, 0.15) is 71.3 Å². The summed E-state index contributed by atoms with van der Waals surface area (Å²) in [5, 5.41) is 7.42. The van der Waals surface area contributed by atoms with E-state index in [4.69, 9.17) is 4.52 Å². The van der Waals surface area contributed by atoms with Crippen molar-refractivity contribution in [3.05, 3.63) is 40.0 Å². The lowest BCUT2D eigenvalue weighted by Crippen LogP contribution is -2.31. The molecule has 1 saturated carbocycles. The largest absolute Gasteiger partial charge is 0.433 e. The van der Waals surface area contributed by atoms with Gasteiger partial charge in [-0.05, 0) is 43.4 Å². The molecular weight excluding hydrogens is 405 g/mol. The number of thiophene rings is 1. The normalized spacial score (nSPS) is 15.8. The minimum Gasteiger partial charge on any atom is -0.339 e. The molecule has 154 valence electrons. The van der Waals surface area contributed by atoms with Crippen molar-refractivity contribution in [2.24, 2.45) is 5.92 Å². The molecule has 1 unspecified atom stereocenters. The van der Waals surface area contributed by atoms with Crippen LogP contribution in [0.2, 0.25) is 0 Å². The van der Waals surface area contributed by atoms with Crippen molar-refractivity contribution in [1.82, 2.24) is 20.4 Å². The number of carbonyl (C=O) groups is 1. The molecule has 1 aliphatic carbocycles. The Hall–Kier alpha value is -2.49. The number of rotatable bonds is 5. The summed E-state index contributed by atoms with van der Waals surface area (Å²) in [6.07, 6.45) is -2.47. The summed E-state index contributed by atoms with van der Waals surface area (Å²) >= 11 is 0.941. The molecule has 10 heteroatoms. The fourth-order valence-electron chi connectivity index (χ4n) is 3.07. The molecule has 1 aliphatic rings. The lowest BCUT2D eigenvalue weighted by atomic mass is 10.0. The van der Waals surface area contributed by atoms with Gasteiger partial charge in [0.2, 0.25) is 5.89 Å². The quantitative estimate of drug-likeness (QED) is 0.623. The second-order valence-electron chi connectivity index (χ2n) is 7.56. The van der Waals surface area contributed by atoms with Crippen LogP contribution in [-0.2, 0) is 6.18 Å². The van der Waals surface area contributed by atoms with Gasteiger partial charge in [-0.15, -0.1) is 11.3 Å². The molecule has 0 saturated heterocycles. The Morgan fingerprint density at radius 2 is 2.00 bits per heavy atom. The van der Waals surface area contributed by atoms with Gasteiger partial charge in [0.05, 0.1) is 4.88 Å². The zero-order valence-electron chi connectivity index (χ0n) is 16.0. The van der Waals surface area contributed by atoms with Gasteiger partial charge < -0.3 is 9.84 Å². The molecule has 1 fully saturated rings. The number of nitrogens with zero attached hydrogens (tertiary/aromatic N) is 3. The van der Waals surface area contributed by atoms with Crippen LogP contribution in [0.4, 0.5) is 13.2 Å². The summed E-state index contributed by atoms with van der Waals surface area (Å²) in [4.78, 5) is 21.5. The van der Waals surface area contributed by atoms with Crippen LogP contribution < -0.4 is 5.32 Å². The molecule has 1 atom stereocenters. The Bertz CT molecular complexity index is 1070. The number of aromatic nitrogens is 3. The Labute approximate surface area is 168 Å². The van der Waals surface area contributed by atoms with E-state index in [9.17, 15) is 18.0 Å². The van der Waals surface area contributed by atoms with Crippen molar-refractivity contribution < 1.29 is 22.5 Å². The van der Waals surface area contributed by atoms with Crippen LogP contribution in [0.3, 0.4) is 0 Å². The monoisotopic (exact) mass is 424 g/mol. The highest BCUT2D eigenvalue weighted by Gasteiger charge is 2.34. The first kappa shape index (κ1) is 19.8. The standard InChI is InChI=1S/C19H19F3N4O2S/c1-8(2)13(17-25-15(26-28-17)10-4-5-10)24-16(27)14-9(3)11-6-7-12(19(20,21)22)23-18(11)29-14/h6-8,10,13H,4-5H2,1-3H3,(H,24,27). The van der Waals surface area contributed by atoms with Crippen molar-refractivity contribution in [3.63, 3.8) is 0 Å². The minimum absolute atomic E-state index is 0.0175. The fraction of sp³-hybridized carbons (Fsp3) is 0.474. The third kappa shape index (κ3) is 3.85.